The molecule has 0 unspecified atom stereocenters. The highest BCUT2D eigenvalue weighted by Gasteiger charge is 2.21. The van der Waals surface area contributed by atoms with Gasteiger partial charge in [-0.25, -0.2) is 0 Å². The van der Waals surface area contributed by atoms with Crippen LogP contribution in [0.5, 0.6) is 0 Å². The van der Waals surface area contributed by atoms with Crippen LogP contribution in [-0.2, 0) is 0 Å². The molecular formula is C6H6BrN2O3+. The second-order valence-corrected chi connectivity index (χ2v) is 2.97. The van der Waals surface area contributed by atoms with Crippen LogP contribution >= 0.6 is 15.9 Å². The third-order valence-corrected chi connectivity index (χ3v) is 2.42. The Bertz CT molecular complexity index is 340. The van der Waals surface area contributed by atoms with E-state index in [2.05, 4.69) is 15.9 Å². The zero-order valence-corrected chi connectivity index (χ0v) is 7.78. The smallest absolute Gasteiger partial charge is 0.284 e. The fraction of sp³-hybridized carbons (Fsp3) is 0.167. The molecule has 1 heterocycles. The standard InChI is InChI=1S/C6H6BrN2O3/c1-4-5(9(11)12)2-3-8(10)6(4)7/h2-3,10H,1H3/q+1. The first-order valence-corrected chi connectivity index (χ1v) is 3.87. The normalized spacial score (nSPS) is 9.83. The fourth-order valence-corrected chi connectivity index (χ4v) is 1.13. The van der Waals surface area contributed by atoms with Crippen LogP contribution < -0.4 is 4.73 Å². The number of rotatable bonds is 1. The molecule has 0 radical (unpaired) electrons. The summed E-state index contributed by atoms with van der Waals surface area (Å²) in [6.07, 6.45) is 1.20. The quantitative estimate of drug-likeness (QED) is 0.261. The lowest BCUT2D eigenvalue weighted by atomic mass is 10.3. The predicted octanol–water partition coefficient (Wildman–Crippen LogP) is 1.19. The average molecular weight is 234 g/mol. The molecule has 1 rings (SSSR count). The molecular weight excluding hydrogens is 228 g/mol. The zero-order valence-electron chi connectivity index (χ0n) is 6.19. The van der Waals surface area contributed by atoms with Gasteiger partial charge in [-0.15, -0.1) is 0 Å². The van der Waals surface area contributed by atoms with Crippen LogP contribution in [0.15, 0.2) is 16.9 Å². The second-order valence-electron chi connectivity index (χ2n) is 2.22. The highest BCUT2D eigenvalue weighted by molar-refractivity contribution is 9.10. The lowest BCUT2D eigenvalue weighted by Crippen LogP contribution is -2.31. The zero-order chi connectivity index (χ0) is 9.30. The van der Waals surface area contributed by atoms with Crippen molar-refractivity contribution in [2.24, 2.45) is 0 Å². The Kier molecular flexibility index (Phi) is 2.27. The van der Waals surface area contributed by atoms with Crippen molar-refractivity contribution in [3.8, 4) is 0 Å². The number of hydrogen-bond donors (Lipinski definition) is 1. The summed E-state index contributed by atoms with van der Waals surface area (Å²) in [7, 11) is 0. The number of hydrogen-bond acceptors (Lipinski definition) is 3. The van der Waals surface area contributed by atoms with E-state index in [4.69, 9.17) is 5.21 Å². The van der Waals surface area contributed by atoms with Crippen molar-refractivity contribution in [2.75, 3.05) is 0 Å². The molecule has 0 bridgehead atoms. The average Bonchev–Trinajstić information content (AvgIpc) is 2.00. The van der Waals surface area contributed by atoms with E-state index in [1.807, 2.05) is 0 Å². The SMILES string of the molecule is Cc1c([N+](=O)[O-])cc[n+](O)c1Br. The van der Waals surface area contributed by atoms with Gasteiger partial charge in [-0.1, -0.05) is 0 Å². The van der Waals surface area contributed by atoms with E-state index in [1.54, 1.807) is 6.92 Å². The van der Waals surface area contributed by atoms with Crippen LogP contribution in [0.4, 0.5) is 5.69 Å². The van der Waals surface area contributed by atoms with E-state index >= 15 is 0 Å². The largest absolute Gasteiger partial charge is 0.308 e. The van der Waals surface area contributed by atoms with Gasteiger partial charge in [0.1, 0.15) is 5.56 Å². The van der Waals surface area contributed by atoms with Gasteiger partial charge in [-0.2, -0.15) is 0 Å². The Hall–Kier alpha value is -1.17. The summed E-state index contributed by atoms with van der Waals surface area (Å²) in [4.78, 5) is 9.88. The van der Waals surface area contributed by atoms with Crippen molar-refractivity contribution in [2.45, 2.75) is 6.92 Å². The van der Waals surface area contributed by atoms with Gasteiger partial charge in [-0.05, 0) is 6.92 Å². The molecule has 5 nitrogen and oxygen atoms in total. The number of nitrogens with zero attached hydrogens (tertiary/aromatic N) is 2. The first kappa shape index (κ1) is 8.92. The molecule has 0 saturated carbocycles. The maximum atomic E-state index is 10.4. The molecule has 0 spiro atoms. The van der Waals surface area contributed by atoms with E-state index in [0.717, 1.165) is 4.73 Å². The molecule has 6 heteroatoms. The Labute approximate surface area is 76.5 Å². The summed E-state index contributed by atoms with van der Waals surface area (Å²) in [6.45, 7) is 1.55. The number of halogens is 1. The van der Waals surface area contributed by atoms with Crippen LogP contribution in [0.25, 0.3) is 0 Å². The molecule has 1 aromatic rings. The number of nitro groups is 1. The van der Waals surface area contributed by atoms with Gasteiger partial charge in [0, 0.05) is 20.7 Å². The van der Waals surface area contributed by atoms with Gasteiger partial charge in [0.25, 0.3) is 5.69 Å². The van der Waals surface area contributed by atoms with Crippen molar-refractivity contribution >= 4 is 21.6 Å². The summed E-state index contributed by atoms with van der Waals surface area (Å²) in [6, 6.07) is 1.24. The number of pyridine rings is 1. The third-order valence-electron chi connectivity index (χ3n) is 1.47. The second kappa shape index (κ2) is 3.06. The summed E-state index contributed by atoms with van der Waals surface area (Å²) >= 11 is 3.01. The van der Waals surface area contributed by atoms with E-state index in [-0.39, 0.29) is 10.3 Å². The Balaban J connectivity index is 3.36. The summed E-state index contributed by atoms with van der Waals surface area (Å²) < 4.78 is 1.07. The van der Waals surface area contributed by atoms with Crippen molar-refractivity contribution in [3.63, 3.8) is 0 Å². The van der Waals surface area contributed by atoms with Gasteiger partial charge in [0.2, 0.25) is 6.20 Å². The van der Waals surface area contributed by atoms with Crippen LogP contribution in [0.1, 0.15) is 5.56 Å². The van der Waals surface area contributed by atoms with Crippen molar-refractivity contribution in [1.29, 1.82) is 0 Å². The number of aromatic nitrogens is 1. The van der Waals surface area contributed by atoms with Crippen LogP contribution in [0, 0.1) is 17.0 Å². The minimum atomic E-state index is -0.500. The lowest BCUT2D eigenvalue weighted by Gasteiger charge is -1.94. The summed E-state index contributed by atoms with van der Waals surface area (Å²) in [5.41, 5.74) is 0.372. The first-order valence-electron chi connectivity index (χ1n) is 3.08. The highest BCUT2D eigenvalue weighted by Crippen LogP contribution is 2.21. The molecule has 0 aromatic carbocycles. The minimum absolute atomic E-state index is 0.0211. The van der Waals surface area contributed by atoms with Crippen molar-refractivity contribution < 1.29 is 14.9 Å². The molecule has 1 aromatic heterocycles. The Morgan fingerprint density at radius 3 is 2.83 bits per heavy atom. The Morgan fingerprint density at radius 1 is 1.75 bits per heavy atom. The molecule has 0 aliphatic carbocycles. The maximum Gasteiger partial charge on any atom is 0.308 e. The molecule has 0 aliphatic rings. The maximum absolute atomic E-state index is 10.4. The van der Waals surface area contributed by atoms with Crippen molar-refractivity contribution in [1.82, 2.24) is 0 Å². The van der Waals surface area contributed by atoms with E-state index in [9.17, 15) is 10.1 Å². The van der Waals surface area contributed by atoms with Gasteiger partial charge < -0.3 is 0 Å². The van der Waals surface area contributed by atoms with Gasteiger partial charge in [0.15, 0.2) is 0 Å². The molecule has 0 aliphatic heterocycles. The van der Waals surface area contributed by atoms with Gasteiger partial charge in [0.05, 0.1) is 11.0 Å². The minimum Gasteiger partial charge on any atom is -0.284 e. The molecule has 0 amide bonds. The molecule has 0 atom stereocenters. The molecule has 0 fully saturated rings. The summed E-state index contributed by atoms with van der Waals surface area (Å²) in [5, 5.41) is 19.4. The monoisotopic (exact) mass is 233 g/mol. The Morgan fingerprint density at radius 2 is 2.33 bits per heavy atom. The topological polar surface area (TPSA) is 67.2 Å². The molecule has 1 N–H and O–H groups in total. The summed E-state index contributed by atoms with van der Waals surface area (Å²) in [5.74, 6) is 0. The molecule has 12 heavy (non-hydrogen) atoms. The van der Waals surface area contributed by atoms with Gasteiger partial charge in [-0.3, -0.25) is 15.3 Å². The van der Waals surface area contributed by atoms with Crippen LogP contribution in [0.3, 0.4) is 0 Å². The van der Waals surface area contributed by atoms with E-state index < -0.39 is 4.92 Å². The fourth-order valence-electron chi connectivity index (χ4n) is 0.807. The van der Waals surface area contributed by atoms with Crippen molar-refractivity contribution in [3.05, 3.63) is 32.5 Å². The lowest BCUT2D eigenvalue weighted by molar-refractivity contribution is -0.913. The van der Waals surface area contributed by atoms with Crippen LogP contribution in [0.2, 0.25) is 0 Å². The highest BCUT2D eigenvalue weighted by atomic mass is 79.9. The first-order chi connectivity index (χ1) is 5.54. The van der Waals surface area contributed by atoms with Gasteiger partial charge >= 0.3 is 4.60 Å². The van der Waals surface area contributed by atoms with Crippen LogP contribution in [-0.4, -0.2) is 10.1 Å². The van der Waals surface area contributed by atoms with E-state index in [1.165, 1.54) is 12.3 Å². The molecule has 0 saturated heterocycles. The molecule has 64 valence electrons. The van der Waals surface area contributed by atoms with E-state index in [0.29, 0.717) is 5.56 Å². The predicted molar refractivity (Wildman–Crippen MR) is 42.9 cm³/mol. The third kappa shape index (κ3) is 1.38.